The summed E-state index contributed by atoms with van der Waals surface area (Å²) in [6.45, 7) is 1.68. The lowest BCUT2D eigenvalue weighted by Gasteiger charge is -2.39. The molecule has 1 aromatic rings. The summed E-state index contributed by atoms with van der Waals surface area (Å²) >= 11 is 3.18. The van der Waals surface area contributed by atoms with Crippen molar-refractivity contribution in [1.82, 2.24) is 0 Å². The minimum atomic E-state index is -1.13. The monoisotopic (exact) mass is 302 g/mol. The van der Waals surface area contributed by atoms with Crippen molar-refractivity contribution >= 4 is 21.9 Å². The van der Waals surface area contributed by atoms with Crippen LogP contribution in [0.2, 0.25) is 0 Å². The summed E-state index contributed by atoms with van der Waals surface area (Å²) in [5, 5.41) is 19.1. The Hall–Kier alpha value is -1.10. The summed E-state index contributed by atoms with van der Waals surface area (Å²) in [4.78, 5) is 11.4. The normalized spacial score (nSPS) is 17.6. The number of rotatable bonds is 2. The Bertz CT molecular complexity index is 469. The van der Waals surface area contributed by atoms with Crippen LogP contribution in [0.1, 0.15) is 30.4 Å². The van der Waals surface area contributed by atoms with Crippen LogP contribution in [0.5, 0.6) is 5.75 Å². The number of phenols is 1. The minimum Gasteiger partial charge on any atom is -0.505 e. The SMILES string of the molecule is Cc1c(Br)cc(F)c(O)c1C1(C(=O)O)CCC1. The first-order valence-corrected chi connectivity index (χ1v) is 6.11. The van der Waals surface area contributed by atoms with E-state index in [0.29, 0.717) is 22.9 Å². The van der Waals surface area contributed by atoms with E-state index in [4.69, 9.17) is 0 Å². The van der Waals surface area contributed by atoms with E-state index in [0.717, 1.165) is 12.5 Å². The number of carboxylic acids is 1. The zero-order chi connectivity index (χ0) is 12.8. The molecule has 2 N–H and O–H groups in total. The van der Waals surface area contributed by atoms with Crippen molar-refractivity contribution in [3.63, 3.8) is 0 Å². The van der Waals surface area contributed by atoms with Crippen molar-refractivity contribution in [3.8, 4) is 5.75 Å². The van der Waals surface area contributed by atoms with Crippen LogP contribution < -0.4 is 0 Å². The van der Waals surface area contributed by atoms with Crippen LogP contribution in [0, 0.1) is 12.7 Å². The van der Waals surface area contributed by atoms with E-state index in [1.807, 2.05) is 0 Å². The van der Waals surface area contributed by atoms with Gasteiger partial charge in [-0.2, -0.15) is 0 Å². The first-order chi connectivity index (χ1) is 7.90. The quantitative estimate of drug-likeness (QED) is 0.882. The first kappa shape index (κ1) is 12.4. The largest absolute Gasteiger partial charge is 0.505 e. The lowest BCUT2D eigenvalue weighted by molar-refractivity contribution is -0.147. The van der Waals surface area contributed by atoms with Gasteiger partial charge in [-0.25, -0.2) is 4.39 Å². The highest BCUT2D eigenvalue weighted by Crippen LogP contribution is 2.50. The van der Waals surface area contributed by atoms with Crippen LogP contribution in [-0.2, 0) is 10.2 Å². The van der Waals surface area contributed by atoms with Gasteiger partial charge < -0.3 is 10.2 Å². The highest BCUT2D eigenvalue weighted by molar-refractivity contribution is 9.10. The second kappa shape index (κ2) is 3.98. The average molecular weight is 303 g/mol. The molecule has 0 saturated heterocycles. The number of carbonyl (C=O) groups is 1. The van der Waals surface area contributed by atoms with Gasteiger partial charge in [0.25, 0.3) is 0 Å². The van der Waals surface area contributed by atoms with Crippen LogP contribution in [0.4, 0.5) is 4.39 Å². The molecule has 0 spiro atoms. The summed E-state index contributed by atoms with van der Waals surface area (Å²) in [5.41, 5.74) is -0.326. The summed E-state index contributed by atoms with van der Waals surface area (Å²) in [5.74, 6) is -2.32. The molecule has 0 unspecified atom stereocenters. The molecule has 1 aliphatic carbocycles. The second-order valence-electron chi connectivity index (χ2n) is 4.43. The van der Waals surface area contributed by atoms with Gasteiger partial charge in [0.1, 0.15) is 0 Å². The molecule has 1 aromatic carbocycles. The Kier molecular flexibility index (Phi) is 2.89. The molecule has 0 radical (unpaired) electrons. The Morgan fingerprint density at radius 1 is 1.53 bits per heavy atom. The molecule has 5 heteroatoms. The molecule has 0 aliphatic heterocycles. The van der Waals surface area contributed by atoms with Gasteiger partial charge in [0.05, 0.1) is 5.41 Å². The Labute approximate surface area is 106 Å². The molecule has 1 saturated carbocycles. The van der Waals surface area contributed by atoms with Crippen LogP contribution in [0.15, 0.2) is 10.5 Å². The van der Waals surface area contributed by atoms with E-state index in [2.05, 4.69) is 15.9 Å². The van der Waals surface area contributed by atoms with Gasteiger partial charge in [0.15, 0.2) is 11.6 Å². The summed E-state index contributed by atoms with van der Waals surface area (Å²) < 4.78 is 14.0. The topological polar surface area (TPSA) is 57.5 Å². The number of phenolic OH excluding ortho intramolecular Hbond substituents is 1. The number of halogens is 2. The molecule has 1 aliphatic rings. The van der Waals surface area contributed by atoms with Gasteiger partial charge in [-0.1, -0.05) is 22.4 Å². The third-order valence-electron chi connectivity index (χ3n) is 3.54. The number of hydrogen-bond donors (Lipinski definition) is 2. The van der Waals surface area contributed by atoms with E-state index in [1.165, 1.54) is 0 Å². The number of aromatic hydroxyl groups is 1. The Morgan fingerprint density at radius 2 is 2.12 bits per heavy atom. The average Bonchev–Trinajstić information content (AvgIpc) is 2.18. The van der Waals surface area contributed by atoms with Crippen molar-refractivity contribution in [2.75, 3.05) is 0 Å². The van der Waals surface area contributed by atoms with E-state index >= 15 is 0 Å². The van der Waals surface area contributed by atoms with E-state index in [-0.39, 0.29) is 5.56 Å². The van der Waals surface area contributed by atoms with Crippen LogP contribution in [0.3, 0.4) is 0 Å². The molecule has 0 amide bonds. The van der Waals surface area contributed by atoms with Gasteiger partial charge in [-0.15, -0.1) is 0 Å². The predicted octanol–water partition coefficient (Wildman–Crippen LogP) is 3.11. The zero-order valence-corrected chi connectivity index (χ0v) is 10.8. The highest BCUT2D eigenvalue weighted by Gasteiger charge is 2.49. The molecule has 0 heterocycles. The predicted molar refractivity (Wildman–Crippen MR) is 63.7 cm³/mol. The maximum atomic E-state index is 13.5. The molecule has 1 fully saturated rings. The second-order valence-corrected chi connectivity index (χ2v) is 5.28. The number of carboxylic acid groups (broad SMARTS) is 1. The van der Waals surface area contributed by atoms with E-state index in [1.54, 1.807) is 6.92 Å². The summed E-state index contributed by atoms with van der Waals surface area (Å²) in [6, 6.07) is 1.16. The lowest BCUT2D eigenvalue weighted by atomic mass is 9.63. The molecule has 0 aromatic heterocycles. The third-order valence-corrected chi connectivity index (χ3v) is 4.37. The Morgan fingerprint density at radius 3 is 2.53 bits per heavy atom. The third kappa shape index (κ3) is 1.64. The lowest BCUT2D eigenvalue weighted by Crippen LogP contribution is -2.43. The van der Waals surface area contributed by atoms with Crippen molar-refractivity contribution < 1.29 is 19.4 Å². The minimum absolute atomic E-state index is 0.211. The fraction of sp³-hybridized carbons (Fsp3) is 0.417. The van der Waals surface area contributed by atoms with Gasteiger partial charge in [-0.05, 0) is 31.4 Å². The van der Waals surface area contributed by atoms with Gasteiger partial charge in [0, 0.05) is 10.0 Å². The first-order valence-electron chi connectivity index (χ1n) is 5.31. The number of benzene rings is 1. The van der Waals surface area contributed by atoms with Gasteiger partial charge >= 0.3 is 5.97 Å². The summed E-state index contributed by atoms with van der Waals surface area (Å²) in [6.07, 6.45) is 1.65. The molecular weight excluding hydrogens is 291 g/mol. The van der Waals surface area contributed by atoms with Crippen molar-refractivity contribution in [3.05, 3.63) is 27.5 Å². The van der Waals surface area contributed by atoms with Crippen LogP contribution in [-0.4, -0.2) is 16.2 Å². The van der Waals surface area contributed by atoms with Crippen molar-refractivity contribution in [2.24, 2.45) is 0 Å². The summed E-state index contributed by atoms with van der Waals surface area (Å²) in [7, 11) is 0. The molecule has 3 nitrogen and oxygen atoms in total. The number of hydrogen-bond acceptors (Lipinski definition) is 2. The zero-order valence-electron chi connectivity index (χ0n) is 9.26. The molecule has 92 valence electrons. The Balaban J connectivity index is 2.70. The van der Waals surface area contributed by atoms with Crippen LogP contribution in [0.25, 0.3) is 0 Å². The van der Waals surface area contributed by atoms with Gasteiger partial charge in [0.2, 0.25) is 0 Å². The number of aliphatic carboxylic acids is 1. The van der Waals surface area contributed by atoms with Gasteiger partial charge in [-0.3, -0.25) is 4.79 Å². The molecule has 17 heavy (non-hydrogen) atoms. The molecule has 0 atom stereocenters. The van der Waals surface area contributed by atoms with Crippen molar-refractivity contribution in [1.29, 1.82) is 0 Å². The fourth-order valence-corrected chi connectivity index (χ4v) is 2.79. The van der Waals surface area contributed by atoms with Crippen molar-refractivity contribution in [2.45, 2.75) is 31.6 Å². The van der Waals surface area contributed by atoms with E-state index in [9.17, 15) is 19.4 Å². The molecule has 2 rings (SSSR count). The fourth-order valence-electron chi connectivity index (χ4n) is 2.39. The van der Waals surface area contributed by atoms with E-state index < -0.39 is 23.0 Å². The molecular formula is C12H12BrFO3. The smallest absolute Gasteiger partial charge is 0.314 e. The standard InChI is InChI=1S/C12H12BrFO3/c1-6-7(13)5-8(14)10(15)9(6)12(11(16)17)3-2-4-12/h5,15H,2-4H2,1H3,(H,16,17). The maximum absolute atomic E-state index is 13.5. The highest BCUT2D eigenvalue weighted by atomic mass is 79.9. The molecule has 0 bridgehead atoms. The maximum Gasteiger partial charge on any atom is 0.314 e. The van der Waals surface area contributed by atoms with Crippen LogP contribution >= 0.6 is 15.9 Å².